The maximum absolute atomic E-state index is 11.9. The highest BCUT2D eigenvalue weighted by Gasteiger charge is 2.37. The number of nitrogens with one attached hydrogen (secondary N) is 1. The second-order valence-corrected chi connectivity index (χ2v) is 7.68. The van der Waals surface area contributed by atoms with Crippen molar-refractivity contribution in [3.05, 3.63) is 21.9 Å². The molecule has 19 heavy (non-hydrogen) atoms. The van der Waals surface area contributed by atoms with Crippen LogP contribution in [0.15, 0.2) is 12.1 Å². The van der Waals surface area contributed by atoms with Gasteiger partial charge in [0.25, 0.3) is 5.91 Å². The highest BCUT2D eigenvalue weighted by Crippen LogP contribution is 2.18. The second-order valence-electron chi connectivity index (χ2n) is 4.44. The van der Waals surface area contributed by atoms with Gasteiger partial charge in [0.05, 0.1) is 33.4 Å². The van der Waals surface area contributed by atoms with Crippen LogP contribution in [0, 0.1) is 0 Å². The Bertz CT molecular complexity index is 619. The summed E-state index contributed by atoms with van der Waals surface area (Å²) < 4.78 is 22.6. The third-order valence-electron chi connectivity index (χ3n) is 2.82. The number of carbonyl (C=O) groups excluding carboxylic acids is 2. The largest absolute Gasteiger partial charge is 0.390 e. The van der Waals surface area contributed by atoms with Gasteiger partial charge < -0.3 is 10.4 Å². The number of Topliss-reactive ketones (excluding diaryl/α,β-unsaturated/α-hetero) is 1. The van der Waals surface area contributed by atoms with Crippen LogP contribution in [-0.4, -0.2) is 48.9 Å². The summed E-state index contributed by atoms with van der Waals surface area (Å²) in [6, 6.07) is 2.26. The molecule has 0 aliphatic carbocycles. The van der Waals surface area contributed by atoms with E-state index in [4.69, 9.17) is 0 Å². The van der Waals surface area contributed by atoms with Crippen LogP contribution in [-0.2, 0) is 9.84 Å². The molecule has 0 saturated carbocycles. The van der Waals surface area contributed by atoms with Gasteiger partial charge in [-0.15, -0.1) is 11.3 Å². The molecule has 1 fully saturated rings. The van der Waals surface area contributed by atoms with Crippen molar-refractivity contribution >= 4 is 32.9 Å². The predicted octanol–water partition coefficient (Wildman–Crippen LogP) is -0.162. The van der Waals surface area contributed by atoms with E-state index in [2.05, 4.69) is 5.32 Å². The number of hydrogen-bond donors (Lipinski definition) is 2. The predicted molar refractivity (Wildman–Crippen MR) is 70.2 cm³/mol. The molecule has 0 spiro atoms. The SMILES string of the molecule is CC(=O)c1ccc(C(=O)N[C@@H]2CS(=O)(=O)C[C@H]2O)s1. The zero-order chi connectivity index (χ0) is 14.2. The van der Waals surface area contributed by atoms with E-state index < -0.39 is 27.9 Å². The van der Waals surface area contributed by atoms with Crippen LogP contribution in [0.25, 0.3) is 0 Å². The summed E-state index contributed by atoms with van der Waals surface area (Å²) in [6.45, 7) is 1.40. The molecule has 8 heteroatoms. The van der Waals surface area contributed by atoms with E-state index in [0.29, 0.717) is 9.75 Å². The Morgan fingerprint density at radius 2 is 1.95 bits per heavy atom. The Balaban J connectivity index is 2.07. The first kappa shape index (κ1) is 14.2. The average molecular weight is 303 g/mol. The van der Waals surface area contributed by atoms with Crippen LogP contribution in [0.1, 0.15) is 26.3 Å². The van der Waals surface area contributed by atoms with E-state index >= 15 is 0 Å². The Hall–Kier alpha value is -1.25. The molecular formula is C11H13NO5S2. The van der Waals surface area contributed by atoms with Gasteiger partial charge in [0.2, 0.25) is 0 Å². The maximum atomic E-state index is 11.9. The average Bonchev–Trinajstić information content (AvgIpc) is 2.83. The lowest BCUT2D eigenvalue weighted by atomic mass is 10.2. The van der Waals surface area contributed by atoms with E-state index in [0.717, 1.165) is 11.3 Å². The summed E-state index contributed by atoms with van der Waals surface area (Å²) >= 11 is 1.04. The molecule has 2 N–H and O–H groups in total. The summed E-state index contributed by atoms with van der Waals surface area (Å²) in [5.41, 5.74) is 0. The number of amides is 1. The van der Waals surface area contributed by atoms with Crippen molar-refractivity contribution in [3.63, 3.8) is 0 Å². The first-order valence-electron chi connectivity index (χ1n) is 5.58. The van der Waals surface area contributed by atoms with Crippen molar-refractivity contribution in [1.29, 1.82) is 0 Å². The van der Waals surface area contributed by atoms with Crippen LogP contribution in [0.4, 0.5) is 0 Å². The Labute approximate surface area is 114 Å². The normalized spacial score (nSPS) is 25.2. The monoisotopic (exact) mass is 303 g/mol. The standard InChI is InChI=1S/C11H13NO5S2/c1-6(13)9-2-3-10(18-9)11(15)12-7-4-19(16,17)5-8(7)14/h2-3,7-8,14H,4-5H2,1H3,(H,12,15)/t7-,8-/m1/s1. The van der Waals surface area contributed by atoms with Crippen LogP contribution in [0.5, 0.6) is 0 Å². The number of thiophene rings is 1. The zero-order valence-corrected chi connectivity index (χ0v) is 11.8. The smallest absolute Gasteiger partial charge is 0.261 e. The minimum Gasteiger partial charge on any atom is -0.390 e. The minimum absolute atomic E-state index is 0.132. The number of aliphatic hydroxyl groups excluding tert-OH is 1. The molecular weight excluding hydrogens is 290 g/mol. The second kappa shape index (κ2) is 5.03. The molecule has 0 unspecified atom stereocenters. The topological polar surface area (TPSA) is 101 Å². The molecule has 6 nitrogen and oxygen atoms in total. The van der Waals surface area contributed by atoms with Crippen molar-refractivity contribution in [1.82, 2.24) is 5.32 Å². The van der Waals surface area contributed by atoms with Gasteiger partial charge in [-0.2, -0.15) is 0 Å². The number of ketones is 1. The summed E-state index contributed by atoms with van der Waals surface area (Å²) in [6.07, 6.45) is -1.08. The van der Waals surface area contributed by atoms with E-state index in [1.54, 1.807) is 6.07 Å². The molecule has 2 atom stereocenters. The van der Waals surface area contributed by atoms with E-state index in [9.17, 15) is 23.1 Å². The quantitative estimate of drug-likeness (QED) is 0.756. The van der Waals surface area contributed by atoms with E-state index in [-0.39, 0.29) is 17.3 Å². The van der Waals surface area contributed by atoms with Crippen LogP contribution < -0.4 is 5.32 Å². The van der Waals surface area contributed by atoms with Crippen molar-refractivity contribution in [3.8, 4) is 0 Å². The molecule has 2 rings (SSSR count). The van der Waals surface area contributed by atoms with Gasteiger partial charge in [-0.25, -0.2) is 8.42 Å². The molecule has 1 aliphatic rings. The van der Waals surface area contributed by atoms with Gasteiger partial charge >= 0.3 is 0 Å². The third kappa shape index (κ3) is 3.20. The summed E-state index contributed by atoms with van der Waals surface area (Å²) in [4.78, 5) is 23.8. The fourth-order valence-electron chi connectivity index (χ4n) is 1.86. The first-order chi connectivity index (χ1) is 8.78. The summed E-state index contributed by atoms with van der Waals surface area (Å²) in [7, 11) is -3.30. The molecule has 1 amide bonds. The van der Waals surface area contributed by atoms with Gasteiger partial charge in [0, 0.05) is 0 Å². The van der Waals surface area contributed by atoms with Gasteiger partial charge in [0.15, 0.2) is 15.6 Å². The van der Waals surface area contributed by atoms with Crippen molar-refractivity contribution in [2.45, 2.75) is 19.1 Å². The minimum atomic E-state index is -3.30. The van der Waals surface area contributed by atoms with Gasteiger partial charge in [0.1, 0.15) is 0 Å². The molecule has 1 aromatic heterocycles. The van der Waals surface area contributed by atoms with E-state index in [1.807, 2.05) is 0 Å². The lowest BCUT2D eigenvalue weighted by molar-refractivity contribution is 0.0892. The van der Waals surface area contributed by atoms with Crippen molar-refractivity contribution in [2.75, 3.05) is 11.5 Å². The highest BCUT2D eigenvalue weighted by atomic mass is 32.2. The van der Waals surface area contributed by atoms with Gasteiger partial charge in [-0.3, -0.25) is 9.59 Å². The Morgan fingerprint density at radius 3 is 2.42 bits per heavy atom. The molecule has 2 heterocycles. The number of rotatable bonds is 3. The Morgan fingerprint density at radius 1 is 1.32 bits per heavy atom. The van der Waals surface area contributed by atoms with Crippen molar-refractivity contribution in [2.24, 2.45) is 0 Å². The van der Waals surface area contributed by atoms with Gasteiger partial charge in [-0.05, 0) is 19.1 Å². The number of aliphatic hydroxyl groups is 1. The Kier molecular flexibility index (Phi) is 3.75. The van der Waals surface area contributed by atoms with Crippen molar-refractivity contribution < 1.29 is 23.1 Å². The molecule has 1 aromatic rings. The molecule has 1 aliphatic heterocycles. The lowest BCUT2D eigenvalue weighted by Gasteiger charge is -2.13. The first-order valence-corrected chi connectivity index (χ1v) is 8.22. The lowest BCUT2D eigenvalue weighted by Crippen LogP contribution is -2.42. The zero-order valence-electron chi connectivity index (χ0n) is 10.1. The maximum Gasteiger partial charge on any atom is 0.261 e. The van der Waals surface area contributed by atoms with Gasteiger partial charge in [-0.1, -0.05) is 0 Å². The molecule has 0 bridgehead atoms. The fourth-order valence-corrected chi connectivity index (χ4v) is 4.40. The number of sulfone groups is 1. The van der Waals surface area contributed by atoms with Crippen LogP contribution in [0.3, 0.4) is 0 Å². The van der Waals surface area contributed by atoms with Crippen LogP contribution >= 0.6 is 11.3 Å². The summed E-state index contributed by atoms with van der Waals surface area (Å²) in [5, 5.41) is 12.1. The fraction of sp³-hybridized carbons (Fsp3) is 0.455. The van der Waals surface area contributed by atoms with E-state index in [1.165, 1.54) is 13.0 Å². The number of carbonyl (C=O) groups is 2. The highest BCUT2D eigenvalue weighted by molar-refractivity contribution is 7.91. The van der Waals surface area contributed by atoms with Crippen LogP contribution in [0.2, 0.25) is 0 Å². The molecule has 0 aromatic carbocycles. The summed E-state index contributed by atoms with van der Waals surface area (Å²) in [5.74, 6) is -1.20. The molecule has 0 radical (unpaired) electrons. The third-order valence-corrected chi connectivity index (χ3v) is 5.72. The molecule has 1 saturated heterocycles. The number of hydrogen-bond acceptors (Lipinski definition) is 6. The molecule has 104 valence electrons.